The van der Waals surface area contributed by atoms with Gasteiger partial charge in [-0.15, -0.1) is 0 Å². The lowest BCUT2D eigenvalue weighted by molar-refractivity contribution is 0.687. The monoisotopic (exact) mass is 252 g/mol. The standard InChI is InChI=1S/C15H16N4/c1-3-15(16-8-1)11-17-14-6-4-13(5-7-14)12-19-10-2-9-18-19/h1-10,16-17H,11-12H2. The van der Waals surface area contributed by atoms with E-state index in [-0.39, 0.29) is 0 Å². The lowest BCUT2D eigenvalue weighted by atomic mass is 10.2. The predicted octanol–water partition coefficient (Wildman–Crippen LogP) is 2.87. The van der Waals surface area contributed by atoms with Gasteiger partial charge < -0.3 is 10.3 Å². The summed E-state index contributed by atoms with van der Waals surface area (Å²) in [4.78, 5) is 3.17. The van der Waals surface area contributed by atoms with Gasteiger partial charge in [0.25, 0.3) is 0 Å². The minimum atomic E-state index is 0.809. The Bertz CT molecular complexity index is 594. The van der Waals surface area contributed by atoms with Crippen molar-refractivity contribution in [2.75, 3.05) is 5.32 Å². The molecule has 0 radical (unpaired) electrons. The van der Waals surface area contributed by atoms with Crippen molar-refractivity contribution in [2.45, 2.75) is 13.1 Å². The molecule has 0 atom stereocenters. The smallest absolute Gasteiger partial charge is 0.0659 e. The SMILES string of the molecule is c1c[nH]c(CNc2ccc(Cn3cccn3)cc2)c1. The van der Waals surface area contributed by atoms with Crippen molar-refractivity contribution >= 4 is 5.69 Å². The Hall–Kier alpha value is -2.49. The fourth-order valence-corrected chi connectivity index (χ4v) is 1.98. The van der Waals surface area contributed by atoms with Crippen LogP contribution in [-0.4, -0.2) is 14.8 Å². The zero-order valence-corrected chi connectivity index (χ0v) is 10.6. The van der Waals surface area contributed by atoms with Crippen LogP contribution < -0.4 is 5.32 Å². The highest BCUT2D eigenvalue weighted by atomic mass is 15.3. The lowest BCUT2D eigenvalue weighted by Crippen LogP contribution is -2.01. The second-order valence-corrected chi connectivity index (χ2v) is 4.45. The Balaban J connectivity index is 1.59. The maximum atomic E-state index is 4.20. The molecule has 0 spiro atoms. The number of H-pyrrole nitrogens is 1. The van der Waals surface area contributed by atoms with E-state index < -0.39 is 0 Å². The highest BCUT2D eigenvalue weighted by Gasteiger charge is 1.97. The summed E-state index contributed by atoms with van der Waals surface area (Å²) in [7, 11) is 0. The van der Waals surface area contributed by atoms with E-state index in [4.69, 9.17) is 0 Å². The predicted molar refractivity (Wildman–Crippen MR) is 75.9 cm³/mol. The van der Waals surface area contributed by atoms with Crippen LogP contribution in [0.15, 0.2) is 61.1 Å². The van der Waals surface area contributed by atoms with Gasteiger partial charge in [-0.1, -0.05) is 12.1 Å². The van der Waals surface area contributed by atoms with E-state index >= 15 is 0 Å². The number of anilines is 1. The molecule has 0 aliphatic rings. The molecule has 0 aliphatic carbocycles. The van der Waals surface area contributed by atoms with Crippen molar-refractivity contribution in [3.05, 3.63) is 72.3 Å². The normalized spacial score (nSPS) is 10.5. The highest BCUT2D eigenvalue weighted by Crippen LogP contribution is 2.11. The first-order valence-electron chi connectivity index (χ1n) is 6.33. The van der Waals surface area contributed by atoms with Crippen LogP contribution in [0.25, 0.3) is 0 Å². The molecule has 96 valence electrons. The van der Waals surface area contributed by atoms with Gasteiger partial charge in [-0.2, -0.15) is 5.10 Å². The average molecular weight is 252 g/mol. The molecule has 0 amide bonds. The summed E-state index contributed by atoms with van der Waals surface area (Å²) < 4.78 is 1.92. The van der Waals surface area contributed by atoms with Gasteiger partial charge in [-0.25, -0.2) is 0 Å². The molecule has 3 aromatic rings. The molecule has 0 saturated heterocycles. The topological polar surface area (TPSA) is 45.6 Å². The van der Waals surface area contributed by atoms with Crippen molar-refractivity contribution in [2.24, 2.45) is 0 Å². The summed E-state index contributed by atoms with van der Waals surface area (Å²) in [5, 5.41) is 7.58. The van der Waals surface area contributed by atoms with Gasteiger partial charge in [0.2, 0.25) is 0 Å². The molecular weight excluding hydrogens is 236 g/mol. The second-order valence-electron chi connectivity index (χ2n) is 4.45. The van der Waals surface area contributed by atoms with Gasteiger partial charge in [0, 0.05) is 30.0 Å². The van der Waals surface area contributed by atoms with Gasteiger partial charge in [0.15, 0.2) is 0 Å². The maximum absolute atomic E-state index is 4.20. The molecule has 19 heavy (non-hydrogen) atoms. The van der Waals surface area contributed by atoms with Crippen LogP contribution in [0.3, 0.4) is 0 Å². The summed E-state index contributed by atoms with van der Waals surface area (Å²) in [5.74, 6) is 0. The summed E-state index contributed by atoms with van der Waals surface area (Å²) in [6, 6.07) is 14.5. The molecule has 2 heterocycles. The van der Waals surface area contributed by atoms with Crippen molar-refractivity contribution in [1.29, 1.82) is 0 Å². The van der Waals surface area contributed by atoms with Crippen molar-refractivity contribution in [1.82, 2.24) is 14.8 Å². The molecule has 2 aromatic heterocycles. The Morgan fingerprint density at radius 1 is 1.11 bits per heavy atom. The zero-order valence-electron chi connectivity index (χ0n) is 10.6. The Morgan fingerprint density at radius 2 is 2.00 bits per heavy atom. The van der Waals surface area contributed by atoms with Crippen molar-refractivity contribution in [3.63, 3.8) is 0 Å². The van der Waals surface area contributed by atoms with Gasteiger partial charge in [-0.3, -0.25) is 4.68 Å². The number of hydrogen-bond acceptors (Lipinski definition) is 2. The van der Waals surface area contributed by atoms with Crippen LogP contribution in [-0.2, 0) is 13.1 Å². The highest BCUT2D eigenvalue weighted by molar-refractivity contribution is 5.44. The third-order valence-electron chi connectivity index (χ3n) is 3.00. The first-order chi connectivity index (χ1) is 9.40. The van der Waals surface area contributed by atoms with Gasteiger partial charge in [-0.05, 0) is 35.9 Å². The number of benzene rings is 1. The minimum Gasteiger partial charge on any atom is -0.379 e. The fraction of sp³-hybridized carbons (Fsp3) is 0.133. The van der Waals surface area contributed by atoms with Gasteiger partial charge in [0.05, 0.1) is 13.1 Å². The van der Waals surface area contributed by atoms with E-state index in [2.05, 4.69) is 45.7 Å². The van der Waals surface area contributed by atoms with Gasteiger partial charge >= 0.3 is 0 Å². The number of aromatic nitrogens is 3. The molecule has 2 N–H and O–H groups in total. The van der Waals surface area contributed by atoms with Gasteiger partial charge in [0.1, 0.15) is 0 Å². The van der Waals surface area contributed by atoms with Crippen LogP contribution in [0.1, 0.15) is 11.3 Å². The molecule has 0 saturated carbocycles. The average Bonchev–Trinajstić information content (AvgIpc) is 3.11. The number of aromatic amines is 1. The number of nitrogens with one attached hydrogen (secondary N) is 2. The Labute approximate surface area is 112 Å². The minimum absolute atomic E-state index is 0.809. The number of nitrogens with zero attached hydrogens (tertiary/aromatic N) is 2. The van der Waals surface area contributed by atoms with E-state index in [0.29, 0.717) is 0 Å². The summed E-state index contributed by atoms with van der Waals surface area (Å²) in [6.07, 6.45) is 5.70. The second kappa shape index (κ2) is 5.44. The van der Waals surface area contributed by atoms with Crippen LogP contribution in [0.5, 0.6) is 0 Å². The van der Waals surface area contributed by atoms with Crippen molar-refractivity contribution < 1.29 is 0 Å². The van der Waals surface area contributed by atoms with E-state index in [9.17, 15) is 0 Å². The number of hydrogen-bond donors (Lipinski definition) is 2. The fourth-order valence-electron chi connectivity index (χ4n) is 1.98. The molecule has 1 aromatic carbocycles. The van der Waals surface area contributed by atoms with Crippen LogP contribution in [0, 0.1) is 0 Å². The molecule has 3 rings (SSSR count). The van der Waals surface area contributed by atoms with E-state index in [0.717, 1.165) is 18.8 Å². The van der Waals surface area contributed by atoms with Crippen LogP contribution in [0.2, 0.25) is 0 Å². The molecule has 0 bridgehead atoms. The van der Waals surface area contributed by atoms with Crippen molar-refractivity contribution in [3.8, 4) is 0 Å². The first kappa shape index (κ1) is 11.6. The van der Waals surface area contributed by atoms with Crippen LogP contribution >= 0.6 is 0 Å². The molecule has 4 nitrogen and oxygen atoms in total. The molecule has 0 unspecified atom stereocenters. The Morgan fingerprint density at radius 3 is 2.68 bits per heavy atom. The lowest BCUT2D eigenvalue weighted by Gasteiger charge is -2.07. The third kappa shape index (κ3) is 3.04. The summed E-state index contributed by atoms with van der Waals surface area (Å²) in [6.45, 7) is 1.62. The largest absolute Gasteiger partial charge is 0.379 e. The summed E-state index contributed by atoms with van der Waals surface area (Å²) >= 11 is 0. The molecular formula is C15H16N4. The maximum Gasteiger partial charge on any atom is 0.0659 e. The first-order valence-corrected chi connectivity index (χ1v) is 6.33. The Kier molecular flexibility index (Phi) is 3.32. The molecule has 0 aliphatic heterocycles. The third-order valence-corrected chi connectivity index (χ3v) is 3.00. The van der Waals surface area contributed by atoms with E-state index in [1.165, 1.54) is 11.3 Å². The zero-order chi connectivity index (χ0) is 12.9. The molecule has 0 fully saturated rings. The van der Waals surface area contributed by atoms with Crippen LogP contribution in [0.4, 0.5) is 5.69 Å². The van der Waals surface area contributed by atoms with E-state index in [1.807, 2.05) is 29.2 Å². The molecule has 4 heteroatoms. The van der Waals surface area contributed by atoms with E-state index in [1.54, 1.807) is 6.20 Å². The number of rotatable bonds is 5. The summed E-state index contributed by atoms with van der Waals surface area (Å²) in [5.41, 5.74) is 3.55. The quantitative estimate of drug-likeness (QED) is 0.733.